The molecule has 1 amide bonds. The highest BCUT2D eigenvalue weighted by molar-refractivity contribution is 5.94. The summed E-state index contributed by atoms with van der Waals surface area (Å²) in [5.74, 6) is 0.756. The summed E-state index contributed by atoms with van der Waals surface area (Å²) >= 11 is 0. The minimum atomic E-state index is -0.471. The lowest BCUT2D eigenvalue weighted by molar-refractivity contribution is 0.0271. The molecule has 0 spiro atoms. The van der Waals surface area contributed by atoms with Crippen LogP contribution in [-0.2, 0) is 4.74 Å². The first-order valence-corrected chi connectivity index (χ1v) is 11.9. The predicted octanol–water partition coefficient (Wildman–Crippen LogP) is 3.74. The molecule has 2 heterocycles. The number of hydrogen-bond donors (Lipinski definition) is 1. The molecule has 1 fully saturated rings. The van der Waals surface area contributed by atoms with E-state index in [1.807, 2.05) is 43.1 Å². The Morgan fingerprint density at radius 2 is 1.54 bits per heavy atom. The van der Waals surface area contributed by atoms with Crippen LogP contribution in [0.15, 0.2) is 67.5 Å². The SMILES string of the molecule is C=C(c1ccc(C(=O)O[C@@H]2CN(C)C[C@H]2NC(=O)c2ccncc2)cc1)c1c(OC)ccc(OC)c1C. The van der Waals surface area contributed by atoms with Gasteiger partial charge in [0.15, 0.2) is 0 Å². The summed E-state index contributed by atoms with van der Waals surface area (Å²) in [4.78, 5) is 31.6. The molecule has 1 aliphatic rings. The van der Waals surface area contributed by atoms with Gasteiger partial charge in [-0.05, 0) is 61.5 Å². The van der Waals surface area contributed by atoms with Crippen molar-refractivity contribution < 1.29 is 23.8 Å². The lowest BCUT2D eigenvalue weighted by Crippen LogP contribution is -2.44. The number of carbonyl (C=O) groups excluding carboxylic acids is 2. The van der Waals surface area contributed by atoms with Crippen LogP contribution in [0.4, 0.5) is 0 Å². The number of benzene rings is 2. The van der Waals surface area contributed by atoms with E-state index >= 15 is 0 Å². The van der Waals surface area contributed by atoms with E-state index < -0.39 is 12.1 Å². The molecule has 4 rings (SSSR count). The van der Waals surface area contributed by atoms with Gasteiger partial charge < -0.3 is 24.4 Å². The number of esters is 1. The van der Waals surface area contributed by atoms with Crippen molar-refractivity contribution in [2.75, 3.05) is 34.4 Å². The first-order chi connectivity index (χ1) is 17.8. The maximum Gasteiger partial charge on any atom is 0.338 e. The molecule has 8 heteroatoms. The van der Waals surface area contributed by atoms with Crippen LogP contribution in [0.1, 0.15) is 37.4 Å². The molecule has 1 aromatic heterocycles. The number of methoxy groups -OCH3 is 2. The smallest absolute Gasteiger partial charge is 0.338 e. The molecule has 0 aliphatic carbocycles. The number of ether oxygens (including phenoxy) is 3. The Kier molecular flexibility index (Phi) is 7.89. The van der Waals surface area contributed by atoms with Gasteiger partial charge >= 0.3 is 5.97 Å². The highest BCUT2D eigenvalue weighted by Crippen LogP contribution is 2.37. The lowest BCUT2D eigenvalue weighted by Gasteiger charge is -2.20. The molecule has 8 nitrogen and oxygen atoms in total. The number of nitrogens with zero attached hydrogens (tertiary/aromatic N) is 2. The topological polar surface area (TPSA) is 90.0 Å². The standard InChI is InChI=1S/C29H31N3O5/c1-18(27-19(2)24(35-4)10-11-25(27)36-5)20-6-8-22(9-7-20)29(34)37-26-17-32(3)16-23(26)31-28(33)21-12-14-30-15-13-21/h6-15,23,26H,1,16-17H2,2-5H3,(H,31,33)/t23-,26-/m1/s1. The minimum absolute atomic E-state index is 0.227. The number of likely N-dealkylation sites (N-methyl/N-ethyl adjacent to an activating group) is 1. The summed E-state index contributed by atoms with van der Waals surface area (Å²) in [6.07, 6.45) is 2.66. The normalized spacial score (nSPS) is 17.2. The number of likely N-dealkylation sites (tertiary alicyclic amines) is 1. The van der Waals surface area contributed by atoms with Crippen molar-refractivity contribution in [3.63, 3.8) is 0 Å². The minimum Gasteiger partial charge on any atom is -0.496 e. The summed E-state index contributed by atoms with van der Waals surface area (Å²) in [5, 5.41) is 2.98. The largest absolute Gasteiger partial charge is 0.496 e. The second kappa shape index (κ2) is 11.3. The second-order valence-corrected chi connectivity index (χ2v) is 9.01. The zero-order valence-electron chi connectivity index (χ0n) is 21.5. The van der Waals surface area contributed by atoms with Gasteiger partial charge in [-0.25, -0.2) is 4.79 Å². The Labute approximate surface area is 216 Å². The zero-order valence-corrected chi connectivity index (χ0v) is 21.5. The number of pyridine rings is 1. The second-order valence-electron chi connectivity index (χ2n) is 9.01. The molecule has 3 aromatic rings. The summed E-state index contributed by atoms with van der Waals surface area (Å²) in [5.41, 5.74) is 4.28. The monoisotopic (exact) mass is 501 g/mol. The van der Waals surface area contributed by atoms with Crippen LogP contribution < -0.4 is 14.8 Å². The van der Waals surface area contributed by atoms with Crippen molar-refractivity contribution >= 4 is 17.4 Å². The number of carbonyl (C=O) groups is 2. The summed E-state index contributed by atoms with van der Waals surface area (Å²) in [6, 6.07) is 13.8. The van der Waals surface area contributed by atoms with E-state index in [4.69, 9.17) is 14.2 Å². The van der Waals surface area contributed by atoms with Crippen LogP contribution in [0.3, 0.4) is 0 Å². The molecular weight excluding hydrogens is 470 g/mol. The summed E-state index contributed by atoms with van der Waals surface area (Å²) < 4.78 is 16.8. The van der Waals surface area contributed by atoms with Gasteiger partial charge in [-0.3, -0.25) is 9.78 Å². The molecule has 2 aromatic carbocycles. The Balaban J connectivity index is 1.46. The van der Waals surface area contributed by atoms with Crippen molar-refractivity contribution in [2.24, 2.45) is 0 Å². The average Bonchev–Trinajstić information content (AvgIpc) is 3.26. The quantitative estimate of drug-likeness (QED) is 0.471. The Bertz CT molecular complexity index is 1290. The van der Waals surface area contributed by atoms with Crippen LogP contribution in [0.5, 0.6) is 11.5 Å². The van der Waals surface area contributed by atoms with Gasteiger partial charge in [0, 0.05) is 42.2 Å². The lowest BCUT2D eigenvalue weighted by atomic mass is 9.93. The van der Waals surface area contributed by atoms with Crippen molar-refractivity contribution in [2.45, 2.75) is 19.1 Å². The number of rotatable bonds is 8. The van der Waals surface area contributed by atoms with Gasteiger partial charge in [0.2, 0.25) is 0 Å². The Morgan fingerprint density at radius 3 is 2.19 bits per heavy atom. The van der Waals surface area contributed by atoms with E-state index in [9.17, 15) is 9.59 Å². The maximum absolute atomic E-state index is 13.0. The molecule has 2 atom stereocenters. The Morgan fingerprint density at radius 1 is 0.919 bits per heavy atom. The van der Waals surface area contributed by atoms with Crippen molar-refractivity contribution in [1.29, 1.82) is 0 Å². The van der Waals surface area contributed by atoms with E-state index in [2.05, 4.69) is 16.9 Å². The molecule has 0 saturated carbocycles. The predicted molar refractivity (Wildman–Crippen MR) is 141 cm³/mol. The van der Waals surface area contributed by atoms with Gasteiger partial charge in [0.1, 0.15) is 17.6 Å². The Hall–Kier alpha value is -4.17. The number of hydrogen-bond acceptors (Lipinski definition) is 7. The van der Waals surface area contributed by atoms with Gasteiger partial charge in [-0.15, -0.1) is 0 Å². The highest BCUT2D eigenvalue weighted by atomic mass is 16.5. The van der Waals surface area contributed by atoms with Crippen LogP contribution in [0.25, 0.3) is 5.57 Å². The highest BCUT2D eigenvalue weighted by Gasteiger charge is 2.35. The molecular formula is C29H31N3O5. The van der Waals surface area contributed by atoms with Crippen LogP contribution >= 0.6 is 0 Å². The van der Waals surface area contributed by atoms with Crippen molar-refractivity contribution in [3.8, 4) is 11.5 Å². The number of amides is 1. The first kappa shape index (κ1) is 25.9. The first-order valence-electron chi connectivity index (χ1n) is 11.9. The fourth-order valence-electron chi connectivity index (χ4n) is 4.57. The van der Waals surface area contributed by atoms with E-state index in [0.29, 0.717) is 30.0 Å². The third kappa shape index (κ3) is 5.65. The van der Waals surface area contributed by atoms with E-state index in [0.717, 1.165) is 28.0 Å². The summed E-state index contributed by atoms with van der Waals surface area (Å²) in [7, 11) is 5.16. The van der Waals surface area contributed by atoms with Crippen molar-refractivity contribution in [1.82, 2.24) is 15.2 Å². The van der Waals surface area contributed by atoms with Gasteiger partial charge in [-0.1, -0.05) is 18.7 Å². The molecule has 1 N–H and O–H groups in total. The zero-order chi connectivity index (χ0) is 26.5. The third-order valence-electron chi connectivity index (χ3n) is 6.55. The molecule has 1 aliphatic heterocycles. The molecule has 192 valence electrons. The molecule has 37 heavy (non-hydrogen) atoms. The van der Waals surface area contributed by atoms with E-state index in [1.165, 1.54) is 0 Å². The van der Waals surface area contributed by atoms with Crippen LogP contribution in [-0.4, -0.2) is 68.3 Å². The fourth-order valence-corrected chi connectivity index (χ4v) is 4.57. The number of nitrogens with one attached hydrogen (secondary N) is 1. The molecule has 0 unspecified atom stereocenters. The van der Waals surface area contributed by atoms with Gasteiger partial charge in [0.05, 0.1) is 25.8 Å². The average molecular weight is 502 g/mol. The van der Waals surface area contributed by atoms with Gasteiger partial charge in [-0.2, -0.15) is 0 Å². The van der Waals surface area contributed by atoms with Crippen LogP contribution in [0, 0.1) is 6.92 Å². The third-order valence-corrected chi connectivity index (χ3v) is 6.55. The maximum atomic E-state index is 13.0. The van der Waals surface area contributed by atoms with Crippen molar-refractivity contribution in [3.05, 3.63) is 95.3 Å². The number of aromatic nitrogens is 1. The molecule has 0 bridgehead atoms. The summed E-state index contributed by atoms with van der Waals surface area (Å²) in [6.45, 7) is 7.32. The molecule has 1 saturated heterocycles. The molecule has 0 radical (unpaired) electrons. The van der Waals surface area contributed by atoms with Crippen LogP contribution in [0.2, 0.25) is 0 Å². The fraction of sp³-hybridized carbons (Fsp3) is 0.276. The van der Waals surface area contributed by atoms with Gasteiger partial charge in [0.25, 0.3) is 5.91 Å². The van der Waals surface area contributed by atoms with E-state index in [-0.39, 0.29) is 11.9 Å². The van der Waals surface area contributed by atoms with E-state index in [1.54, 1.807) is 50.9 Å².